The van der Waals surface area contributed by atoms with Crippen LogP contribution in [0.3, 0.4) is 0 Å². The van der Waals surface area contributed by atoms with Crippen molar-refractivity contribution in [2.45, 2.75) is 39.5 Å². The lowest BCUT2D eigenvalue weighted by Gasteiger charge is -2.23. The van der Waals surface area contributed by atoms with E-state index in [1.807, 2.05) is 0 Å². The fourth-order valence-electron chi connectivity index (χ4n) is 2.67. The fraction of sp³-hybridized carbons (Fsp3) is 0.400. The van der Waals surface area contributed by atoms with Crippen molar-refractivity contribution in [1.29, 1.82) is 0 Å². The Labute approximate surface area is 129 Å². The van der Waals surface area contributed by atoms with Crippen LogP contribution in [0.1, 0.15) is 50.7 Å². The van der Waals surface area contributed by atoms with Crippen LogP contribution in [0.25, 0.3) is 0 Å². The second kappa shape index (κ2) is 7.31. The zero-order chi connectivity index (χ0) is 15.2. The van der Waals surface area contributed by atoms with Crippen LogP contribution in [0.5, 0.6) is 0 Å². The molecule has 2 rings (SSSR count). The Morgan fingerprint density at radius 1 is 0.810 bits per heavy atom. The third-order valence-corrected chi connectivity index (χ3v) is 4.11. The Hall–Kier alpha value is -1.76. The molecule has 0 aliphatic carbocycles. The van der Waals surface area contributed by atoms with E-state index in [0.29, 0.717) is 17.8 Å². The molecule has 1 nitrogen and oxygen atoms in total. The van der Waals surface area contributed by atoms with Gasteiger partial charge in [0.15, 0.2) is 0 Å². The Bertz CT molecular complexity index is 543. The van der Waals surface area contributed by atoms with Gasteiger partial charge in [-0.1, -0.05) is 70.2 Å². The van der Waals surface area contributed by atoms with Crippen LogP contribution < -0.4 is 5.32 Å². The van der Waals surface area contributed by atoms with Gasteiger partial charge in [0.1, 0.15) is 0 Å². The van der Waals surface area contributed by atoms with Gasteiger partial charge in [0, 0.05) is 18.2 Å². The minimum atomic E-state index is 0.536. The minimum absolute atomic E-state index is 0.536. The molecule has 112 valence electrons. The first kappa shape index (κ1) is 15.6. The van der Waals surface area contributed by atoms with Crippen molar-refractivity contribution in [2.75, 3.05) is 11.9 Å². The summed E-state index contributed by atoms with van der Waals surface area (Å²) in [5.41, 5.74) is 4.03. The van der Waals surface area contributed by atoms with Crippen LogP contribution in [0.2, 0.25) is 0 Å². The van der Waals surface area contributed by atoms with E-state index in [1.54, 1.807) is 0 Å². The van der Waals surface area contributed by atoms with Crippen molar-refractivity contribution in [3.8, 4) is 0 Å². The first-order valence-corrected chi connectivity index (χ1v) is 7.96. The summed E-state index contributed by atoms with van der Waals surface area (Å²) < 4.78 is 0. The largest absolute Gasteiger partial charge is 0.384 e. The van der Waals surface area contributed by atoms with E-state index in [1.165, 1.54) is 16.8 Å². The molecule has 0 aliphatic heterocycles. The number of hydrogen-bond acceptors (Lipinski definition) is 1. The van der Waals surface area contributed by atoms with Gasteiger partial charge in [-0.05, 0) is 35.1 Å². The highest BCUT2D eigenvalue weighted by molar-refractivity contribution is 5.47. The summed E-state index contributed by atoms with van der Waals surface area (Å²) in [5, 5.41) is 3.62. The molecule has 21 heavy (non-hydrogen) atoms. The standard InChI is InChI=1S/C20H27N/c1-15(2)18-11-8-12-19(13-18)21-14-20(16(3)4)17-9-6-5-7-10-17/h5-13,15-16,20-21H,14H2,1-4H3. The molecule has 1 heteroatoms. The van der Waals surface area contributed by atoms with Gasteiger partial charge in [0.25, 0.3) is 0 Å². The maximum absolute atomic E-state index is 3.62. The molecule has 0 saturated carbocycles. The molecule has 0 radical (unpaired) electrons. The van der Waals surface area contributed by atoms with Gasteiger partial charge < -0.3 is 5.32 Å². The fourth-order valence-corrected chi connectivity index (χ4v) is 2.67. The number of hydrogen-bond donors (Lipinski definition) is 1. The maximum Gasteiger partial charge on any atom is 0.0343 e. The predicted octanol–water partition coefficient (Wildman–Crippen LogP) is 5.66. The molecule has 2 aromatic carbocycles. The van der Waals surface area contributed by atoms with Crippen molar-refractivity contribution >= 4 is 5.69 Å². The number of benzene rings is 2. The van der Waals surface area contributed by atoms with Crippen molar-refractivity contribution < 1.29 is 0 Å². The quantitative estimate of drug-likeness (QED) is 0.720. The van der Waals surface area contributed by atoms with E-state index in [4.69, 9.17) is 0 Å². The molecule has 1 N–H and O–H groups in total. The second-order valence-corrected chi connectivity index (χ2v) is 6.42. The average Bonchev–Trinajstić information content (AvgIpc) is 2.48. The molecule has 0 aromatic heterocycles. The van der Waals surface area contributed by atoms with Crippen LogP contribution in [-0.2, 0) is 0 Å². The van der Waals surface area contributed by atoms with Gasteiger partial charge in [0.2, 0.25) is 0 Å². The smallest absolute Gasteiger partial charge is 0.0343 e. The average molecular weight is 281 g/mol. The van der Waals surface area contributed by atoms with E-state index in [9.17, 15) is 0 Å². The molecule has 0 saturated heterocycles. The molecule has 0 fully saturated rings. The normalized spacial score (nSPS) is 12.7. The lowest BCUT2D eigenvalue weighted by molar-refractivity contribution is 0.517. The molecule has 0 aliphatic rings. The molecular weight excluding hydrogens is 254 g/mol. The molecule has 1 atom stereocenters. The summed E-state index contributed by atoms with van der Waals surface area (Å²) in [4.78, 5) is 0. The van der Waals surface area contributed by atoms with Crippen molar-refractivity contribution in [2.24, 2.45) is 5.92 Å². The summed E-state index contributed by atoms with van der Waals surface area (Å²) in [6, 6.07) is 19.6. The summed E-state index contributed by atoms with van der Waals surface area (Å²) in [7, 11) is 0. The third kappa shape index (κ3) is 4.35. The van der Waals surface area contributed by atoms with Crippen LogP contribution in [0.4, 0.5) is 5.69 Å². The van der Waals surface area contributed by atoms with Crippen molar-refractivity contribution in [3.05, 3.63) is 65.7 Å². The van der Waals surface area contributed by atoms with Crippen LogP contribution in [0, 0.1) is 5.92 Å². The number of anilines is 1. The third-order valence-electron chi connectivity index (χ3n) is 4.11. The monoisotopic (exact) mass is 281 g/mol. The van der Waals surface area contributed by atoms with Gasteiger partial charge in [-0.15, -0.1) is 0 Å². The molecule has 0 amide bonds. The number of nitrogens with one attached hydrogen (secondary N) is 1. The van der Waals surface area contributed by atoms with Crippen molar-refractivity contribution in [3.63, 3.8) is 0 Å². The van der Waals surface area contributed by atoms with E-state index in [-0.39, 0.29) is 0 Å². The zero-order valence-electron chi connectivity index (χ0n) is 13.6. The maximum atomic E-state index is 3.62. The van der Waals surface area contributed by atoms with E-state index in [2.05, 4.69) is 87.6 Å². The molecule has 1 unspecified atom stereocenters. The summed E-state index contributed by atoms with van der Waals surface area (Å²) in [5.74, 6) is 1.73. The molecular formula is C20H27N. The van der Waals surface area contributed by atoms with Crippen LogP contribution >= 0.6 is 0 Å². The van der Waals surface area contributed by atoms with E-state index in [0.717, 1.165) is 6.54 Å². The topological polar surface area (TPSA) is 12.0 Å². The Morgan fingerprint density at radius 2 is 1.48 bits per heavy atom. The predicted molar refractivity (Wildman–Crippen MR) is 93.0 cm³/mol. The van der Waals surface area contributed by atoms with Crippen LogP contribution in [0.15, 0.2) is 54.6 Å². The van der Waals surface area contributed by atoms with Gasteiger partial charge in [-0.3, -0.25) is 0 Å². The van der Waals surface area contributed by atoms with Crippen LogP contribution in [-0.4, -0.2) is 6.54 Å². The molecule has 0 spiro atoms. The van der Waals surface area contributed by atoms with Gasteiger partial charge in [-0.2, -0.15) is 0 Å². The summed E-state index contributed by atoms with van der Waals surface area (Å²) >= 11 is 0. The van der Waals surface area contributed by atoms with Gasteiger partial charge in [0.05, 0.1) is 0 Å². The van der Waals surface area contributed by atoms with Gasteiger partial charge in [-0.25, -0.2) is 0 Å². The van der Waals surface area contributed by atoms with Gasteiger partial charge >= 0.3 is 0 Å². The molecule has 2 aromatic rings. The first-order valence-electron chi connectivity index (χ1n) is 7.96. The highest BCUT2D eigenvalue weighted by Gasteiger charge is 2.15. The SMILES string of the molecule is CC(C)c1cccc(NCC(c2ccccc2)C(C)C)c1. The first-order chi connectivity index (χ1) is 10.1. The Balaban J connectivity index is 2.07. The summed E-state index contributed by atoms with van der Waals surface area (Å²) in [6.07, 6.45) is 0. The lowest BCUT2D eigenvalue weighted by atomic mass is 9.88. The Morgan fingerprint density at radius 3 is 2.10 bits per heavy atom. The second-order valence-electron chi connectivity index (χ2n) is 6.42. The lowest BCUT2D eigenvalue weighted by Crippen LogP contribution is -2.17. The zero-order valence-corrected chi connectivity index (χ0v) is 13.6. The minimum Gasteiger partial charge on any atom is -0.384 e. The molecule has 0 bridgehead atoms. The molecule has 0 heterocycles. The highest BCUT2D eigenvalue weighted by Crippen LogP contribution is 2.25. The highest BCUT2D eigenvalue weighted by atomic mass is 14.9. The summed E-state index contributed by atoms with van der Waals surface area (Å²) in [6.45, 7) is 10.0. The van der Waals surface area contributed by atoms with E-state index >= 15 is 0 Å². The van der Waals surface area contributed by atoms with Crippen molar-refractivity contribution in [1.82, 2.24) is 0 Å². The van der Waals surface area contributed by atoms with E-state index < -0.39 is 0 Å². The Kier molecular flexibility index (Phi) is 5.44. The number of rotatable bonds is 6.